The van der Waals surface area contributed by atoms with Crippen LogP contribution in [0.1, 0.15) is 37.5 Å². The summed E-state index contributed by atoms with van der Waals surface area (Å²) in [5, 5.41) is 9.64. The number of hydrogen-bond donors (Lipinski definition) is 1. The van der Waals surface area contributed by atoms with E-state index >= 15 is 0 Å². The van der Waals surface area contributed by atoms with Gasteiger partial charge in [0.25, 0.3) is 0 Å². The van der Waals surface area contributed by atoms with E-state index in [1.54, 1.807) is 19.9 Å². The van der Waals surface area contributed by atoms with Crippen molar-refractivity contribution in [3.8, 4) is 0 Å². The lowest BCUT2D eigenvalue weighted by atomic mass is 10.0. The fraction of sp³-hybridized carbons (Fsp3) is 0.538. The van der Waals surface area contributed by atoms with Gasteiger partial charge < -0.3 is 10.0 Å². The molecule has 1 rings (SSSR count). The minimum Gasteiger partial charge on any atom is -0.389 e. The van der Waals surface area contributed by atoms with E-state index in [1.165, 1.54) is 6.07 Å². The topological polar surface area (TPSA) is 23.5 Å². The van der Waals surface area contributed by atoms with E-state index in [1.807, 2.05) is 7.05 Å². The summed E-state index contributed by atoms with van der Waals surface area (Å²) in [6, 6.07) is 3.23. The Labute approximate surface area is 96.7 Å². The summed E-state index contributed by atoms with van der Waals surface area (Å²) in [7, 11) is 1.96. The Bertz CT molecular complexity index is 363. The van der Waals surface area contributed by atoms with E-state index in [0.717, 1.165) is 18.7 Å². The molecule has 1 atom stereocenters. The quantitative estimate of drug-likeness (QED) is 0.851. The number of benzene rings is 1. The van der Waals surface area contributed by atoms with Crippen LogP contribution in [0.25, 0.3) is 0 Å². The summed E-state index contributed by atoms with van der Waals surface area (Å²) in [5.74, 6) is -0.260. The highest BCUT2D eigenvalue weighted by Gasteiger charge is 2.14. The molecule has 0 unspecified atom stereocenters. The van der Waals surface area contributed by atoms with Crippen molar-refractivity contribution in [2.45, 2.75) is 33.3 Å². The first-order valence-electron chi connectivity index (χ1n) is 5.66. The Balaban J connectivity index is 3.19. The first-order valence-corrected chi connectivity index (χ1v) is 5.66. The molecule has 0 saturated carbocycles. The molecule has 1 aromatic carbocycles. The molecule has 0 fully saturated rings. The molecule has 0 amide bonds. The molecular weight excluding hydrogens is 205 g/mol. The van der Waals surface area contributed by atoms with Crippen molar-refractivity contribution >= 4 is 5.69 Å². The van der Waals surface area contributed by atoms with Crippen molar-refractivity contribution in [3.63, 3.8) is 0 Å². The van der Waals surface area contributed by atoms with Gasteiger partial charge in [-0.05, 0) is 38.0 Å². The molecule has 1 N–H and O–H groups in total. The Morgan fingerprint density at radius 3 is 2.56 bits per heavy atom. The van der Waals surface area contributed by atoms with Crippen molar-refractivity contribution in [2.24, 2.45) is 0 Å². The summed E-state index contributed by atoms with van der Waals surface area (Å²) in [6.07, 6.45) is 0.371. The van der Waals surface area contributed by atoms with E-state index in [0.29, 0.717) is 11.1 Å². The maximum Gasteiger partial charge on any atom is 0.126 e. The Morgan fingerprint density at radius 1 is 1.44 bits per heavy atom. The molecule has 1 aromatic rings. The van der Waals surface area contributed by atoms with Gasteiger partial charge in [0.2, 0.25) is 0 Å². The third-order valence-electron chi connectivity index (χ3n) is 2.73. The monoisotopic (exact) mass is 225 g/mol. The SMILES string of the molecule is CCCN(C)c1cc(C)c(F)cc1[C@@H](C)O. The van der Waals surface area contributed by atoms with Crippen LogP contribution in [0.2, 0.25) is 0 Å². The molecule has 0 bridgehead atoms. The van der Waals surface area contributed by atoms with Crippen LogP contribution >= 0.6 is 0 Å². The highest BCUT2D eigenvalue weighted by Crippen LogP contribution is 2.28. The fourth-order valence-electron chi connectivity index (χ4n) is 1.80. The zero-order valence-corrected chi connectivity index (χ0v) is 10.4. The van der Waals surface area contributed by atoms with Crippen LogP contribution in [-0.2, 0) is 0 Å². The second-order valence-electron chi connectivity index (χ2n) is 4.26. The molecule has 90 valence electrons. The smallest absolute Gasteiger partial charge is 0.126 e. The normalized spacial score (nSPS) is 12.6. The van der Waals surface area contributed by atoms with Gasteiger partial charge in [0, 0.05) is 24.8 Å². The van der Waals surface area contributed by atoms with Crippen LogP contribution in [0.15, 0.2) is 12.1 Å². The highest BCUT2D eigenvalue weighted by atomic mass is 19.1. The molecule has 0 spiro atoms. The molecule has 0 aliphatic rings. The molecule has 2 nitrogen and oxygen atoms in total. The van der Waals surface area contributed by atoms with Gasteiger partial charge in [-0.2, -0.15) is 0 Å². The molecule has 0 heterocycles. The summed E-state index contributed by atoms with van der Waals surface area (Å²) < 4.78 is 13.4. The number of aliphatic hydroxyl groups is 1. The molecular formula is C13H20FNO. The minimum absolute atomic E-state index is 0.260. The van der Waals surface area contributed by atoms with E-state index < -0.39 is 6.10 Å². The van der Waals surface area contributed by atoms with Crippen LogP contribution in [-0.4, -0.2) is 18.7 Å². The number of anilines is 1. The van der Waals surface area contributed by atoms with E-state index in [2.05, 4.69) is 11.8 Å². The molecule has 0 radical (unpaired) electrons. The zero-order valence-electron chi connectivity index (χ0n) is 10.4. The third-order valence-corrected chi connectivity index (χ3v) is 2.73. The zero-order chi connectivity index (χ0) is 12.3. The second-order valence-corrected chi connectivity index (χ2v) is 4.26. The maximum absolute atomic E-state index is 13.4. The van der Waals surface area contributed by atoms with Crippen molar-refractivity contribution in [2.75, 3.05) is 18.5 Å². The van der Waals surface area contributed by atoms with Gasteiger partial charge in [0.05, 0.1) is 6.10 Å². The molecule has 0 saturated heterocycles. The van der Waals surface area contributed by atoms with Gasteiger partial charge in [0.1, 0.15) is 5.82 Å². The first-order chi connectivity index (χ1) is 7.47. The summed E-state index contributed by atoms with van der Waals surface area (Å²) in [6.45, 7) is 6.39. The van der Waals surface area contributed by atoms with Crippen LogP contribution in [0.4, 0.5) is 10.1 Å². The maximum atomic E-state index is 13.4. The number of rotatable bonds is 4. The van der Waals surface area contributed by atoms with Crippen LogP contribution in [0.5, 0.6) is 0 Å². The average Bonchev–Trinajstić information content (AvgIpc) is 2.21. The fourth-order valence-corrected chi connectivity index (χ4v) is 1.80. The van der Waals surface area contributed by atoms with Crippen molar-refractivity contribution in [3.05, 3.63) is 29.1 Å². The van der Waals surface area contributed by atoms with Crippen LogP contribution in [0, 0.1) is 12.7 Å². The Morgan fingerprint density at radius 2 is 2.06 bits per heavy atom. The predicted octanol–water partition coefficient (Wildman–Crippen LogP) is 3.03. The lowest BCUT2D eigenvalue weighted by Gasteiger charge is -2.24. The molecule has 0 aliphatic carbocycles. The van der Waals surface area contributed by atoms with Gasteiger partial charge in [-0.25, -0.2) is 4.39 Å². The van der Waals surface area contributed by atoms with Crippen LogP contribution in [0.3, 0.4) is 0 Å². The van der Waals surface area contributed by atoms with Gasteiger partial charge in [-0.1, -0.05) is 6.92 Å². The molecule has 3 heteroatoms. The Kier molecular flexibility index (Phi) is 4.30. The third kappa shape index (κ3) is 2.73. The standard InChI is InChI=1S/C13H20FNO/c1-5-6-15(4)13-7-9(2)12(14)8-11(13)10(3)16/h7-8,10,16H,5-6H2,1-4H3/t10-/m1/s1. The molecule has 16 heavy (non-hydrogen) atoms. The molecule has 0 aliphatic heterocycles. The van der Waals surface area contributed by atoms with E-state index in [9.17, 15) is 9.50 Å². The number of nitrogens with zero attached hydrogens (tertiary/aromatic N) is 1. The van der Waals surface area contributed by atoms with E-state index in [4.69, 9.17) is 0 Å². The average molecular weight is 225 g/mol. The van der Waals surface area contributed by atoms with Crippen LogP contribution < -0.4 is 4.90 Å². The number of hydrogen-bond acceptors (Lipinski definition) is 2. The highest BCUT2D eigenvalue weighted by molar-refractivity contribution is 5.56. The van der Waals surface area contributed by atoms with E-state index in [-0.39, 0.29) is 5.82 Å². The Hall–Kier alpha value is -1.09. The lowest BCUT2D eigenvalue weighted by molar-refractivity contribution is 0.199. The number of aliphatic hydroxyl groups excluding tert-OH is 1. The largest absolute Gasteiger partial charge is 0.389 e. The van der Waals surface area contributed by atoms with Crippen molar-refractivity contribution in [1.29, 1.82) is 0 Å². The van der Waals surface area contributed by atoms with Gasteiger partial charge >= 0.3 is 0 Å². The van der Waals surface area contributed by atoms with Gasteiger partial charge in [-0.15, -0.1) is 0 Å². The number of halogens is 1. The lowest BCUT2D eigenvalue weighted by Crippen LogP contribution is -2.20. The first kappa shape index (κ1) is 13.0. The predicted molar refractivity (Wildman–Crippen MR) is 65.3 cm³/mol. The van der Waals surface area contributed by atoms with Gasteiger partial charge in [0.15, 0.2) is 0 Å². The summed E-state index contributed by atoms with van der Waals surface area (Å²) in [4.78, 5) is 2.05. The molecule has 0 aromatic heterocycles. The second kappa shape index (κ2) is 5.30. The van der Waals surface area contributed by atoms with Crippen molar-refractivity contribution < 1.29 is 9.50 Å². The minimum atomic E-state index is -0.649. The summed E-state index contributed by atoms with van der Waals surface area (Å²) in [5.41, 5.74) is 2.18. The van der Waals surface area contributed by atoms with Crippen molar-refractivity contribution in [1.82, 2.24) is 0 Å². The van der Waals surface area contributed by atoms with Gasteiger partial charge in [-0.3, -0.25) is 0 Å². The number of aryl methyl sites for hydroxylation is 1. The summed E-state index contributed by atoms with van der Waals surface area (Å²) >= 11 is 0.